The molecule has 4 aromatic rings. The Morgan fingerprint density at radius 2 is 1.97 bits per heavy atom. The number of rotatable bonds is 8. The van der Waals surface area contributed by atoms with Crippen LogP contribution in [-0.2, 0) is 11.2 Å². The number of nitro groups is 1. The lowest BCUT2D eigenvalue weighted by Gasteiger charge is -2.14. The van der Waals surface area contributed by atoms with Crippen molar-refractivity contribution in [2.75, 3.05) is 18.3 Å². The van der Waals surface area contributed by atoms with Crippen molar-refractivity contribution in [3.8, 4) is 5.75 Å². The Hall–Kier alpha value is -4.12. The number of thioether (sulfide) groups is 1. The molecule has 3 aromatic carbocycles. The minimum atomic E-state index is -0.572. The number of hydrogen-bond donors (Lipinski definition) is 2. The van der Waals surface area contributed by atoms with Gasteiger partial charge in [0.05, 0.1) is 29.0 Å². The third kappa shape index (κ3) is 4.79. The molecule has 1 aromatic heterocycles. The predicted octanol–water partition coefficient (Wildman–Crippen LogP) is 3.77. The minimum absolute atomic E-state index is 0.132. The van der Waals surface area contributed by atoms with E-state index in [2.05, 4.69) is 21.6 Å². The highest BCUT2D eigenvalue weighted by Crippen LogP contribution is 2.30. The molecule has 0 saturated heterocycles. The molecule has 4 rings (SSSR count). The lowest BCUT2D eigenvalue weighted by molar-refractivity contribution is -0.384. The van der Waals surface area contributed by atoms with Crippen LogP contribution in [0.4, 0.5) is 11.4 Å². The molecule has 1 heterocycles. The van der Waals surface area contributed by atoms with E-state index in [1.54, 1.807) is 6.92 Å². The van der Waals surface area contributed by atoms with E-state index >= 15 is 0 Å². The lowest BCUT2D eigenvalue weighted by atomic mass is 10.0. The second-order valence-corrected chi connectivity index (χ2v) is 8.78. The Bertz CT molecular complexity index is 1370. The zero-order chi connectivity index (χ0) is 24.2. The smallest absolute Gasteiger partial charge is 0.273 e. The minimum Gasteiger partial charge on any atom is -0.494 e. The summed E-state index contributed by atoms with van der Waals surface area (Å²) in [5.41, 5.74) is 1.27. The number of nitro benzene ring substituents is 1. The molecule has 10 nitrogen and oxygen atoms in total. The number of fused-ring (bicyclic) bond motifs is 1. The third-order valence-corrected chi connectivity index (χ3v) is 6.33. The molecule has 34 heavy (non-hydrogen) atoms. The first-order chi connectivity index (χ1) is 16.4. The number of benzene rings is 3. The quantitative estimate of drug-likeness (QED) is 0.169. The molecule has 1 amide bonds. The van der Waals surface area contributed by atoms with Gasteiger partial charge in [0.15, 0.2) is 5.82 Å². The zero-order valence-electron chi connectivity index (χ0n) is 18.5. The van der Waals surface area contributed by atoms with Gasteiger partial charge in [0.2, 0.25) is 11.1 Å². The van der Waals surface area contributed by atoms with E-state index in [-0.39, 0.29) is 17.3 Å². The number of carbonyl (C=O) groups excluding carboxylic acids is 1. The standard InChI is InChI=1S/C23H22N6O4S/c1-14(22(30)25-19-11-10-17(29(31)32)13-20(19)33-2)34-23-27-26-21(28(23)24)12-16-8-5-7-15-6-3-4-9-18(15)16/h3-11,13-14H,12,24H2,1-2H3,(H,25,30). The van der Waals surface area contributed by atoms with E-state index in [4.69, 9.17) is 10.6 Å². The average Bonchev–Trinajstić information content (AvgIpc) is 3.18. The number of nitrogens with two attached hydrogens (primary N) is 1. The van der Waals surface area contributed by atoms with Crippen LogP contribution in [0.25, 0.3) is 10.8 Å². The van der Waals surface area contributed by atoms with Gasteiger partial charge in [-0.3, -0.25) is 14.9 Å². The summed E-state index contributed by atoms with van der Waals surface area (Å²) in [5, 5.41) is 24.1. The molecule has 0 bridgehead atoms. The highest BCUT2D eigenvalue weighted by Gasteiger charge is 2.21. The van der Waals surface area contributed by atoms with E-state index in [1.807, 2.05) is 36.4 Å². The molecule has 11 heteroatoms. The van der Waals surface area contributed by atoms with Gasteiger partial charge in [-0.1, -0.05) is 54.2 Å². The number of nitrogens with one attached hydrogen (secondary N) is 1. The van der Waals surface area contributed by atoms with E-state index in [0.29, 0.717) is 23.1 Å². The number of hydrogen-bond acceptors (Lipinski definition) is 8. The van der Waals surface area contributed by atoms with Crippen LogP contribution in [0.15, 0.2) is 65.8 Å². The molecule has 0 aliphatic rings. The lowest BCUT2D eigenvalue weighted by Crippen LogP contribution is -2.24. The molecule has 0 aliphatic heterocycles. The Kier molecular flexibility index (Phi) is 6.64. The molecule has 174 valence electrons. The van der Waals surface area contributed by atoms with E-state index in [9.17, 15) is 14.9 Å². The van der Waals surface area contributed by atoms with Crippen LogP contribution in [0, 0.1) is 10.1 Å². The number of nitrogen functional groups attached to an aromatic ring is 1. The summed E-state index contributed by atoms with van der Waals surface area (Å²) in [5.74, 6) is 6.67. The Morgan fingerprint density at radius 3 is 2.74 bits per heavy atom. The van der Waals surface area contributed by atoms with Gasteiger partial charge in [-0.05, 0) is 29.3 Å². The fraction of sp³-hybridized carbons (Fsp3) is 0.174. The largest absolute Gasteiger partial charge is 0.494 e. The first-order valence-electron chi connectivity index (χ1n) is 10.3. The monoisotopic (exact) mass is 478 g/mol. The average molecular weight is 479 g/mol. The van der Waals surface area contributed by atoms with Crippen LogP contribution >= 0.6 is 11.8 Å². The van der Waals surface area contributed by atoms with Gasteiger partial charge >= 0.3 is 0 Å². The van der Waals surface area contributed by atoms with E-state index in [0.717, 1.165) is 28.1 Å². The molecule has 1 atom stereocenters. The fourth-order valence-corrected chi connectivity index (χ4v) is 4.26. The van der Waals surface area contributed by atoms with Crippen molar-refractivity contribution in [2.24, 2.45) is 0 Å². The van der Waals surface area contributed by atoms with Crippen LogP contribution in [0.1, 0.15) is 18.3 Å². The van der Waals surface area contributed by atoms with Crippen molar-refractivity contribution in [1.29, 1.82) is 0 Å². The molecular weight excluding hydrogens is 456 g/mol. The van der Waals surface area contributed by atoms with Crippen molar-refractivity contribution in [3.05, 3.63) is 82.2 Å². The molecule has 0 fully saturated rings. The molecule has 3 N–H and O–H groups in total. The second-order valence-electron chi connectivity index (χ2n) is 7.47. The highest BCUT2D eigenvalue weighted by molar-refractivity contribution is 8.00. The normalized spacial score (nSPS) is 11.8. The molecule has 1 unspecified atom stereocenters. The van der Waals surface area contributed by atoms with E-state index in [1.165, 1.54) is 30.0 Å². The summed E-state index contributed by atoms with van der Waals surface area (Å²) in [6.07, 6.45) is 0.492. The highest BCUT2D eigenvalue weighted by atomic mass is 32.2. The van der Waals surface area contributed by atoms with Crippen LogP contribution in [0.2, 0.25) is 0 Å². The third-order valence-electron chi connectivity index (χ3n) is 5.27. The fourth-order valence-electron chi connectivity index (χ4n) is 3.47. The van der Waals surface area contributed by atoms with Crippen LogP contribution < -0.4 is 15.9 Å². The Balaban J connectivity index is 1.46. The summed E-state index contributed by atoms with van der Waals surface area (Å²) in [4.78, 5) is 23.2. The zero-order valence-corrected chi connectivity index (χ0v) is 19.3. The Labute approximate surface area is 199 Å². The van der Waals surface area contributed by atoms with Crippen molar-refractivity contribution in [3.63, 3.8) is 0 Å². The number of aromatic nitrogens is 3. The number of methoxy groups -OCH3 is 1. The van der Waals surface area contributed by atoms with Gasteiger partial charge in [-0.2, -0.15) is 0 Å². The number of non-ortho nitro benzene ring substituents is 1. The SMILES string of the molecule is COc1cc([N+](=O)[O-])ccc1NC(=O)C(C)Sc1nnc(Cc2cccc3ccccc23)n1N. The van der Waals surface area contributed by atoms with Crippen molar-refractivity contribution >= 4 is 39.8 Å². The maximum Gasteiger partial charge on any atom is 0.273 e. The van der Waals surface area contributed by atoms with E-state index < -0.39 is 10.2 Å². The van der Waals surface area contributed by atoms with Crippen molar-refractivity contribution < 1.29 is 14.5 Å². The van der Waals surface area contributed by atoms with Crippen molar-refractivity contribution in [1.82, 2.24) is 14.9 Å². The first kappa shape index (κ1) is 23.1. The summed E-state index contributed by atoms with van der Waals surface area (Å²) >= 11 is 1.16. The van der Waals surface area contributed by atoms with Crippen LogP contribution in [0.5, 0.6) is 5.75 Å². The van der Waals surface area contributed by atoms with Gasteiger partial charge in [-0.15, -0.1) is 10.2 Å². The second kappa shape index (κ2) is 9.79. The molecule has 0 aliphatic carbocycles. The summed E-state index contributed by atoms with van der Waals surface area (Å²) < 4.78 is 6.56. The van der Waals surface area contributed by atoms with Gasteiger partial charge in [0.25, 0.3) is 5.69 Å². The molecule has 0 spiro atoms. The number of amides is 1. The topological polar surface area (TPSA) is 138 Å². The predicted molar refractivity (Wildman–Crippen MR) is 131 cm³/mol. The Morgan fingerprint density at radius 1 is 1.21 bits per heavy atom. The molecule has 0 saturated carbocycles. The number of nitrogens with zero attached hydrogens (tertiary/aromatic N) is 4. The van der Waals surface area contributed by atoms with Crippen molar-refractivity contribution in [2.45, 2.75) is 23.8 Å². The van der Waals surface area contributed by atoms with Crippen LogP contribution in [-0.4, -0.2) is 38.1 Å². The number of carbonyl (C=O) groups is 1. The first-order valence-corrected chi connectivity index (χ1v) is 11.2. The van der Waals surface area contributed by atoms with Gasteiger partial charge in [0, 0.05) is 12.5 Å². The summed E-state index contributed by atoms with van der Waals surface area (Å²) in [6.45, 7) is 1.71. The summed E-state index contributed by atoms with van der Waals surface area (Å²) in [7, 11) is 1.38. The van der Waals surface area contributed by atoms with Gasteiger partial charge in [-0.25, -0.2) is 4.68 Å². The molecule has 0 radical (unpaired) electrons. The van der Waals surface area contributed by atoms with Gasteiger partial charge < -0.3 is 15.9 Å². The maximum atomic E-state index is 12.7. The molecular formula is C23H22N6O4S. The number of anilines is 1. The maximum absolute atomic E-state index is 12.7. The number of ether oxygens (including phenoxy) is 1. The van der Waals surface area contributed by atoms with Gasteiger partial charge in [0.1, 0.15) is 5.75 Å². The summed E-state index contributed by atoms with van der Waals surface area (Å²) in [6, 6.07) is 18.1. The van der Waals surface area contributed by atoms with Crippen LogP contribution in [0.3, 0.4) is 0 Å².